The first kappa shape index (κ1) is 39.2. The molecule has 282 valence electrons. The van der Waals surface area contributed by atoms with E-state index in [0.29, 0.717) is 54.1 Å². The van der Waals surface area contributed by atoms with Crippen LogP contribution in [-0.4, -0.2) is 58.5 Å². The van der Waals surface area contributed by atoms with Crippen LogP contribution in [0.4, 0.5) is 0 Å². The molecule has 0 saturated carbocycles. The zero-order valence-corrected chi connectivity index (χ0v) is 32.5. The van der Waals surface area contributed by atoms with E-state index in [1.807, 2.05) is 19.1 Å². The van der Waals surface area contributed by atoms with Gasteiger partial charge >= 0.3 is 5.97 Å². The molecule has 3 aromatic rings. The minimum atomic E-state index is -0.451. The molecule has 2 aliphatic heterocycles. The average molecular weight is 722 g/mol. The molecule has 5 heterocycles. The molecule has 0 fully saturated rings. The van der Waals surface area contributed by atoms with Crippen molar-refractivity contribution in [2.24, 2.45) is 0 Å². The van der Waals surface area contributed by atoms with Crippen molar-refractivity contribution in [1.82, 2.24) is 25.3 Å². The van der Waals surface area contributed by atoms with Gasteiger partial charge in [-0.1, -0.05) is 59.1 Å². The highest BCUT2D eigenvalue weighted by Crippen LogP contribution is 2.44. The van der Waals surface area contributed by atoms with Crippen LogP contribution in [0.15, 0.2) is 24.8 Å². The quantitative estimate of drug-likeness (QED) is 0.0764. The minimum Gasteiger partial charge on any atom is -0.469 e. The number of allylic oxidation sites excluding steroid dienone is 1. The molecule has 0 spiro atoms. The number of carbonyl (C=O) groups excluding carboxylic acids is 3. The fourth-order valence-corrected chi connectivity index (χ4v) is 7.78. The Balaban J connectivity index is 1.87. The molecule has 2 atom stereocenters. The number of fused-ring (bicyclic) bond motifs is 8. The van der Waals surface area contributed by atoms with Gasteiger partial charge in [-0.15, -0.1) is 0 Å². The number of amides is 1. The van der Waals surface area contributed by atoms with Crippen molar-refractivity contribution in [3.05, 3.63) is 75.4 Å². The van der Waals surface area contributed by atoms with E-state index in [9.17, 15) is 14.4 Å². The fraction of sp³-hybridized carbons (Fsp3) is 0.465. The number of ether oxygens (including phenoxy) is 2. The van der Waals surface area contributed by atoms with E-state index in [4.69, 9.17) is 19.4 Å². The standard InChI is InChI=1S/C43H55N5O5/c1-9-12-13-14-15-18-44-43(51)40-28(7)36-23-38-30(11-3)26(5)34(46-38)22-37-29(10-2)25(4)33(45-37)21-35-27(6)31(17-16-19-53-24-49)41(47-35)32(42(40)48-36)20-39(50)52-8/h10,21-24,27,31,45-46H,2,9,11-20H2,1,3-8H3,(H,44,51)/t27-,31-/m0/s1. The summed E-state index contributed by atoms with van der Waals surface area (Å²) in [6.45, 7) is 18.0. The van der Waals surface area contributed by atoms with E-state index in [1.54, 1.807) is 0 Å². The van der Waals surface area contributed by atoms with E-state index in [2.05, 4.69) is 68.6 Å². The summed E-state index contributed by atoms with van der Waals surface area (Å²) < 4.78 is 10.3. The van der Waals surface area contributed by atoms with Crippen LogP contribution in [0.3, 0.4) is 0 Å². The molecule has 53 heavy (non-hydrogen) atoms. The van der Waals surface area contributed by atoms with Crippen molar-refractivity contribution in [1.29, 1.82) is 0 Å². The lowest BCUT2D eigenvalue weighted by molar-refractivity contribution is -0.139. The molecule has 0 radical (unpaired) electrons. The Morgan fingerprint density at radius 1 is 0.925 bits per heavy atom. The first-order valence-corrected chi connectivity index (χ1v) is 19.1. The molecule has 0 aromatic carbocycles. The van der Waals surface area contributed by atoms with Crippen LogP contribution in [0.25, 0.3) is 39.3 Å². The van der Waals surface area contributed by atoms with Gasteiger partial charge in [0.2, 0.25) is 0 Å². The number of esters is 1. The molecule has 5 rings (SSSR count). The molecule has 10 heteroatoms. The number of aromatic nitrogens is 4. The van der Waals surface area contributed by atoms with Gasteiger partial charge < -0.3 is 24.8 Å². The second kappa shape index (κ2) is 17.7. The van der Waals surface area contributed by atoms with Crippen LogP contribution in [0, 0.1) is 13.8 Å². The number of unbranched alkanes of at least 4 members (excludes halogenated alkanes) is 4. The van der Waals surface area contributed by atoms with Crippen LogP contribution >= 0.6 is 0 Å². The zero-order valence-electron chi connectivity index (χ0n) is 32.5. The van der Waals surface area contributed by atoms with E-state index in [1.165, 1.54) is 13.5 Å². The van der Waals surface area contributed by atoms with Crippen molar-refractivity contribution in [3.63, 3.8) is 0 Å². The molecule has 0 saturated heterocycles. The number of nitrogens with zero attached hydrogens (tertiary/aromatic N) is 2. The largest absolute Gasteiger partial charge is 0.469 e. The maximum Gasteiger partial charge on any atom is 0.310 e. The Hall–Kier alpha value is -4.99. The van der Waals surface area contributed by atoms with Gasteiger partial charge in [-0.05, 0) is 86.9 Å². The number of methoxy groups -OCH3 is 1. The average Bonchev–Trinajstić information content (AvgIpc) is 3.83. The Morgan fingerprint density at radius 3 is 2.36 bits per heavy atom. The number of hydrogen-bond donors (Lipinski definition) is 3. The van der Waals surface area contributed by atoms with Crippen LogP contribution < -0.4 is 5.32 Å². The molecule has 8 bridgehead atoms. The fourth-order valence-electron chi connectivity index (χ4n) is 7.78. The summed E-state index contributed by atoms with van der Waals surface area (Å²) in [6, 6.07) is 6.22. The van der Waals surface area contributed by atoms with Gasteiger partial charge in [-0.25, -0.2) is 4.98 Å². The number of rotatable bonds is 16. The highest BCUT2D eigenvalue weighted by molar-refractivity contribution is 6.27. The number of H-pyrrole nitrogens is 2. The third-order valence-electron chi connectivity index (χ3n) is 10.9. The molecule has 0 unspecified atom stereocenters. The van der Waals surface area contributed by atoms with Gasteiger partial charge in [0.25, 0.3) is 12.4 Å². The summed E-state index contributed by atoms with van der Waals surface area (Å²) in [5.74, 6) is -0.884. The molecule has 1 amide bonds. The molecular weight excluding hydrogens is 667 g/mol. The third-order valence-corrected chi connectivity index (χ3v) is 10.9. The van der Waals surface area contributed by atoms with Gasteiger partial charge in [0.1, 0.15) is 0 Å². The highest BCUT2D eigenvalue weighted by atomic mass is 16.5. The van der Waals surface area contributed by atoms with Crippen LogP contribution in [0.1, 0.15) is 135 Å². The van der Waals surface area contributed by atoms with E-state index in [0.717, 1.165) is 87.7 Å². The van der Waals surface area contributed by atoms with Crippen molar-refractivity contribution >= 4 is 57.6 Å². The van der Waals surface area contributed by atoms with Crippen molar-refractivity contribution < 1.29 is 23.9 Å². The van der Waals surface area contributed by atoms with Gasteiger partial charge in [0.05, 0.1) is 42.8 Å². The number of nitrogens with one attached hydrogen (secondary N) is 3. The minimum absolute atomic E-state index is 0.0609. The van der Waals surface area contributed by atoms with E-state index >= 15 is 0 Å². The third kappa shape index (κ3) is 8.32. The maximum atomic E-state index is 14.3. The smallest absolute Gasteiger partial charge is 0.310 e. The van der Waals surface area contributed by atoms with Gasteiger partial charge in [-0.3, -0.25) is 19.4 Å². The van der Waals surface area contributed by atoms with Crippen molar-refractivity contribution in [2.75, 3.05) is 20.3 Å². The first-order chi connectivity index (χ1) is 25.6. The lowest BCUT2D eigenvalue weighted by Gasteiger charge is -2.19. The summed E-state index contributed by atoms with van der Waals surface area (Å²) in [5.41, 5.74) is 12.4. The molecule has 3 N–H and O–H groups in total. The van der Waals surface area contributed by atoms with Crippen LogP contribution in [0.2, 0.25) is 0 Å². The number of carbonyl (C=O) groups is 3. The Bertz CT molecular complexity index is 2070. The van der Waals surface area contributed by atoms with Crippen molar-refractivity contribution in [3.8, 4) is 0 Å². The Kier molecular flexibility index (Phi) is 13.1. The summed E-state index contributed by atoms with van der Waals surface area (Å²) in [4.78, 5) is 56.3. The van der Waals surface area contributed by atoms with E-state index in [-0.39, 0.29) is 30.8 Å². The lowest BCUT2D eigenvalue weighted by Crippen LogP contribution is -2.26. The normalized spacial score (nSPS) is 15.4. The second-order valence-corrected chi connectivity index (χ2v) is 14.2. The molecular formula is C43H55N5O5. The summed E-state index contributed by atoms with van der Waals surface area (Å²) in [6.07, 6.45) is 9.16. The molecule has 2 aliphatic rings. The molecule has 0 aliphatic carbocycles. The monoisotopic (exact) mass is 721 g/mol. The SMILES string of the molecule is C=Cc1c(C)c2cc3nc(c(CC(=O)OC)c4nc(cc5[nH]c(cc1[nH]2)c(C)c5CC)C(C)=C4C(=O)NCCCCCCC)[C@@H](CCCOC=O)[C@@H]3C. The first-order valence-electron chi connectivity index (χ1n) is 19.1. The Morgan fingerprint density at radius 2 is 1.66 bits per heavy atom. The second-order valence-electron chi connectivity index (χ2n) is 14.2. The van der Waals surface area contributed by atoms with Gasteiger partial charge in [0, 0.05) is 57.3 Å². The molecule has 10 nitrogen and oxygen atoms in total. The number of aromatic amines is 2. The predicted molar refractivity (Wildman–Crippen MR) is 212 cm³/mol. The number of hydrogen-bond acceptors (Lipinski definition) is 7. The molecule has 3 aromatic heterocycles. The van der Waals surface area contributed by atoms with Crippen LogP contribution in [0.5, 0.6) is 0 Å². The van der Waals surface area contributed by atoms with Crippen LogP contribution in [-0.2, 0) is 36.7 Å². The summed E-state index contributed by atoms with van der Waals surface area (Å²) in [5, 5.41) is 3.17. The highest BCUT2D eigenvalue weighted by Gasteiger charge is 2.35. The topological polar surface area (TPSA) is 139 Å². The maximum absolute atomic E-state index is 14.3. The Labute approximate surface area is 312 Å². The van der Waals surface area contributed by atoms with Crippen molar-refractivity contribution in [2.45, 2.75) is 111 Å². The lowest BCUT2D eigenvalue weighted by atomic mass is 9.84. The number of aryl methyl sites for hydroxylation is 3. The van der Waals surface area contributed by atoms with Gasteiger partial charge in [0.15, 0.2) is 0 Å². The predicted octanol–water partition coefficient (Wildman–Crippen LogP) is 8.71. The zero-order chi connectivity index (χ0) is 38.2. The van der Waals surface area contributed by atoms with Gasteiger partial charge in [-0.2, -0.15) is 0 Å². The van der Waals surface area contributed by atoms with E-state index < -0.39 is 5.97 Å². The summed E-state index contributed by atoms with van der Waals surface area (Å²) >= 11 is 0. The summed E-state index contributed by atoms with van der Waals surface area (Å²) in [7, 11) is 1.36.